The van der Waals surface area contributed by atoms with Gasteiger partial charge in [0.1, 0.15) is 5.82 Å². The highest BCUT2D eigenvalue weighted by molar-refractivity contribution is 5.74. The Balaban J connectivity index is 2.19. The standard InChI is InChI=1S/C15H27N5O/c1-11(2)18(6)10-13-9-16-14-12(3)19(7-8-20(13)14)15(21)17(4)5/h9,11-12H,7-8,10H2,1-6H3/t12-/m0/s1. The van der Waals surface area contributed by atoms with Gasteiger partial charge in [0, 0.05) is 46.0 Å². The molecule has 1 aliphatic rings. The van der Waals surface area contributed by atoms with Crippen molar-refractivity contribution in [1.82, 2.24) is 24.3 Å². The minimum absolute atomic E-state index is 0.0201. The van der Waals surface area contributed by atoms with Crippen LogP contribution in [-0.4, -0.2) is 64.0 Å². The molecule has 1 aromatic heterocycles. The summed E-state index contributed by atoms with van der Waals surface area (Å²) >= 11 is 0. The molecule has 0 saturated heterocycles. The fraction of sp³-hybridized carbons (Fsp3) is 0.733. The van der Waals surface area contributed by atoms with E-state index in [1.165, 1.54) is 5.69 Å². The number of nitrogens with zero attached hydrogens (tertiary/aromatic N) is 5. The number of aromatic nitrogens is 2. The molecular formula is C15H27N5O. The van der Waals surface area contributed by atoms with Gasteiger partial charge in [0.15, 0.2) is 0 Å². The number of imidazole rings is 1. The molecular weight excluding hydrogens is 266 g/mol. The van der Waals surface area contributed by atoms with Gasteiger partial charge >= 0.3 is 6.03 Å². The number of hydrogen-bond donors (Lipinski definition) is 0. The van der Waals surface area contributed by atoms with E-state index < -0.39 is 0 Å². The molecule has 0 radical (unpaired) electrons. The van der Waals surface area contributed by atoms with Crippen LogP contribution in [0.15, 0.2) is 6.20 Å². The Hall–Kier alpha value is -1.56. The molecule has 21 heavy (non-hydrogen) atoms. The van der Waals surface area contributed by atoms with Crippen LogP contribution in [0.1, 0.15) is 38.3 Å². The first-order chi connectivity index (χ1) is 9.82. The van der Waals surface area contributed by atoms with E-state index in [1.807, 2.05) is 11.1 Å². The van der Waals surface area contributed by atoms with E-state index in [1.54, 1.807) is 19.0 Å². The number of urea groups is 1. The van der Waals surface area contributed by atoms with E-state index in [0.717, 1.165) is 25.5 Å². The van der Waals surface area contributed by atoms with Gasteiger partial charge in [0.25, 0.3) is 0 Å². The van der Waals surface area contributed by atoms with Gasteiger partial charge in [-0.3, -0.25) is 4.90 Å². The summed E-state index contributed by atoms with van der Waals surface area (Å²) in [6.07, 6.45) is 1.95. The maximum atomic E-state index is 12.2. The maximum Gasteiger partial charge on any atom is 0.320 e. The number of hydrogen-bond acceptors (Lipinski definition) is 3. The van der Waals surface area contributed by atoms with E-state index in [2.05, 4.69) is 42.3 Å². The molecule has 0 N–H and O–H groups in total. The third-order valence-corrected chi connectivity index (χ3v) is 4.30. The van der Waals surface area contributed by atoms with Crippen LogP contribution in [0.5, 0.6) is 0 Å². The lowest BCUT2D eigenvalue weighted by Crippen LogP contribution is -2.46. The van der Waals surface area contributed by atoms with Gasteiger partial charge in [-0.2, -0.15) is 0 Å². The van der Waals surface area contributed by atoms with Crippen molar-refractivity contribution in [1.29, 1.82) is 0 Å². The third kappa shape index (κ3) is 3.05. The minimum Gasteiger partial charge on any atom is -0.331 e. The van der Waals surface area contributed by atoms with Crippen molar-refractivity contribution in [3.8, 4) is 0 Å². The molecule has 0 aliphatic carbocycles. The van der Waals surface area contributed by atoms with Crippen molar-refractivity contribution >= 4 is 6.03 Å². The zero-order valence-electron chi connectivity index (χ0n) is 14.0. The van der Waals surface area contributed by atoms with Crippen LogP contribution in [-0.2, 0) is 13.1 Å². The zero-order valence-corrected chi connectivity index (χ0v) is 14.0. The Morgan fingerprint density at radius 2 is 2.05 bits per heavy atom. The summed E-state index contributed by atoms with van der Waals surface area (Å²) in [5.74, 6) is 0.989. The van der Waals surface area contributed by atoms with Gasteiger partial charge in [-0.1, -0.05) is 0 Å². The van der Waals surface area contributed by atoms with Gasteiger partial charge in [0.05, 0.1) is 11.7 Å². The lowest BCUT2D eigenvalue weighted by Gasteiger charge is -2.36. The Morgan fingerprint density at radius 3 is 2.62 bits per heavy atom. The SMILES string of the molecule is CC(C)N(C)Cc1cnc2n1CCN(C(=O)N(C)C)[C@H]2C. The lowest BCUT2D eigenvalue weighted by atomic mass is 10.2. The molecule has 0 fully saturated rings. The summed E-state index contributed by atoms with van der Waals surface area (Å²) in [6.45, 7) is 8.87. The summed E-state index contributed by atoms with van der Waals surface area (Å²) in [5, 5.41) is 0. The van der Waals surface area contributed by atoms with Crippen molar-refractivity contribution in [2.45, 2.75) is 45.9 Å². The van der Waals surface area contributed by atoms with Crippen LogP contribution >= 0.6 is 0 Å². The smallest absolute Gasteiger partial charge is 0.320 e. The normalized spacial score (nSPS) is 18.3. The molecule has 6 nitrogen and oxygen atoms in total. The van der Waals surface area contributed by atoms with Crippen LogP contribution in [0.25, 0.3) is 0 Å². The average molecular weight is 293 g/mol. The summed E-state index contributed by atoms with van der Waals surface area (Å²) in [4.78, 5) is 22.6. The molecule has 1 aromatic rings. The summed E-state index contributed by atoms with van der Waals surface area (Å²) in [7, 11) is 5.71. The fourth-order valence-corrected chi connectivity index (χ4v) is 2.64. The highest BCUT2D eigenvalue weighted by atomic mass is 16.2. The fourth-order valence-electron chi connectivity index (χ4n) is 2.64. The van der Waals surface area contributed by atoms with E-state index in [-0.39, 0.29) is 12.1 Å². The first-order valence-corrected chi connectivity index (χ1v) is 7.55. The lowest BCUT2D eigenvalue weighted by molar-refractivity contribution is 0.135. The molecule has 1 atom stereocenters. The quantitative estimate of drug-likeness (QED) is 0.853. The Kier molecular flexibility index (Phi) is 4.56. The number of fused-ring (bicyclic) bond motifs is 1. The van der Waals surface area contributed by atoms with Crippen LogP contribution in [0.2, 0.25) is 0 Å². The van der Waals surface area contributed by atoms with Crippen LogP contribution < -0.4 is 0 Å². The van der Waals surface area contributed by atoms with Crippen molar-refractivity contribution in [2.75, 3.05) is 27.7 Å². The van der Waals surface area contributed by atoms with Crippen molar-refractivity contribution in [3.63, 3.8) is 0 Å². The summed E-state index contributed by atoms with van der Waals surface area (Å²) in [5.41, 5.74) is 1.23. The molecule has 0 aromatic carbocycles. The number of rotatable bonds is 3. The molecule has 2 rings (SSSR count). The molecule has 0 spiro atoms. The van der Waals surface area contributed by atoms with Gasteiger partial charge in [-0.05, 0) is 27.8 Å². The van der Waals surface area contributed by atoms with Gasteiger partial charge in [-0.25, -0.2) is 9.78 Å². The first-order valence-electron chi connectivity index (χ1n) is 7.55. The minimum atomic E-state index is 0.0201. The molecule has 2 heterocycles. The Labute approximate surface area is 127 Å². The van der Waals surface area contributed by atoms with E-state index in [4.69, 9.17) is 0 Å². The van der Waals surface area contributed by atoms with Gasteiger partial charge in [-0.15, -0.1) is 0 Å². The second-order valence-electron chi connectivity index (χ2n) is 6.31. The Morgan fingerprint density at radius 1 is 1.38 bits per heavy atom. The topological polar surface area (TPSA) is 44.6 Å². The molecule has 1 aliphatic heterocycles. The summed E-state index contributed by atoms with van der Waals surface area (Å²) < 4.78 is 2.27. The van der Waals surface area contributed by atoms with Crippen LogP contribution in [0, 0.1) is 0 Å². The monoisotopic (exact) mass is 293 g/mol. The van der Waals surface area contributed by atoms with Gasteiger partial charge in [0.2, 0.25) is 0 Å². The first kappa shape index (κ1) is 15.8. The molecule has 0 bridgehead atoms. The molecule has 6 heteroatoms. The number of carbonyl (C=O) groups is 1. The van der Waals surface area contributed by atoms with E-state index in [0.29, 0.717) is 6.04 Å². The molecule has 2 amide bonds. The van der Waals surface area contributed by atoms with Crippen molar-refractivity contribution in [2.24, 2.45) is 0 Å². The van der Waals surface area contributed by atoms with Crippen LogP contribution in [0.4, 0.5) is 4.79 Å². The predicted octanol–water partition coefficient (Wildman–Crippen LogP) is 1.78. The Bertz CT molecular complexity index is 508. The number of amides is 2. The highest BCUT2D eigenvalue weighted by Gasteiger charge is 2.31. The highest BCUT2D eigenvalue weighted by Crippen LogP contribution is 2.26. The largest absolute Gasteiger partial charge is 0.331 e. The van der Waals surface area contributed by atoms with E-state index in [9.17, 15) is 4.79 Å². The van der Waals surface area contributed by atoms with Crippen molar-refractivity contribution in [3.05, 3.63) is 17.7 Å². The van der Waals surface area contributed by atoms with Crippen molar-refractivity contribution < 1.29 is 4.79 Å². The second kappa shape index (κ2) is 6.05. The molecule has 118 valence electrons. The zero-order chi connectivity index (χ0) is 15.7. The molecule has 0 saturated carbocycles. The molecule has 0 unspecified atom stereocenters. The van der Waals surface area contributed by atoms with E-state index >= 15 is 0 Å². The summed E-state index contributed by atoms with van der Waals surface area (Å²) in [6, 6.07) is 0.577. The average Bonchev–Trinajstić information content (AvgIpc) is 2.82. The second-order valence-corrected chi connectivity index (χ2v) is 6.31. The maximum absolute atomic E-state index is 12.2. The number of carbonyl (C=O) groups excluding carboxylic acids is 1. The van der Waals surface area contributed by atoms with Gasteiger partial charge < -0.3 is 14.4 Å². The van der Waals surface area contributed by atoms with Crippen LogP contribution in [0.3, 0.4) is 0 Å². The predicted molar refractivity (Wildman–Crippen MR) is 83.0 cm³/mol. The third-order valence-electron chi connectivity index (χ3n) is 4.30.